The minimum Gasteiger partial charge on any atom is -0.478 e. The van der Waals surface area contributed by atoms with Gasteiger partial charge in [0.25, 0.3) is 0 Å². The van der Waals surface area contributed by atoms with Gasteiger partial charge in [0.1, 0.15) is 10.7 Å². The molecule has 2 aromatic rings. The van der Waals surface area contributed by atoms with Gasteiger partial charge in [-0.2, -0.15) is 0 Å². The minimum absolute atomic E-state index is 0.0449. The van der Waals surface area contributed by atoms with E-state index >= 15 is 0 Å². The Hall–Kier alpha value is -2.00. The van der Waals surface area contributed by atoms with Gasteiger partial charge in [0, 0.05) is 24.7 Å². The zero-order valence-corrected chi connectivity index (χ0v) is 16.5. The van der Waals surface area contributed by atoms with E-state index in [9.17, 15) is 17.6 Å². The smallest absolute Gasteiger partial charge is 0.335 e. The quantitative estimate of drug-likeness (QED) is 0.741. The first-order chi connectivity index (χ1) is 13.3. The van der Waals surface area contributed by atoms with Gasteiger partial charge in [-0.3, -0.25) is 4.90 Å². The van der Waals surface area contributed by atoms with Crippen LogP contribution in [-0.4, -0.2) is 43.5 Å². The summed E-state index contributed by atoms with van der Waals surface area (Å²) in [6.07, 6.45) is 1.38. The fraction of sp³-hybridized carbons (Fsp3) is 0.316. The summed E-state index contributed by atoms with van der Waals surface area (Å²) in [4.78, 5) is 12.9. The number of halogens is 2. The van der Waals surface area contributed by atoms with Gasteiger partial charge < -0.3 is 5.11 Å². The monoisotopic (exact) mass is 426 g/mol. The molecule has 3 rings (SSSR count). The maximum atomic E-state index is 13.9. The Bertz CT molecular complexity index is 984. The molecule has 2 aromatic carbocycles. The van der Waals surface area contributed by atoms with Crippen LogP contribution in [0.1, 0.15) is 28.8 Å². The van der Waals surface area contributed by atoms with Crippen molar-refractivity contribution in [2.45, 2.75) is 30.3 Å². The van der Waals surface area contributed by atoms with Crippen molar-refractivity contribution in [1.82, 2.24) is 9.62 Å². The maximum Gasteiger partial charge on any atom is 0.335 e. The average molecular weight is 427 g/mol. The van der Waals surface area contributed by atoms with Crippen LogP contribution in [0.5, 0.6) is 0 Å². The third-order valence-electron chi connectivity index (χ3n) is 4.65. The van der Waals surface area contributed by atoms with Crippen LogP contribution in [0.3, 0.4) is 0 Å². The normalized spacial score (nSPS) is 18.1. The largest absolute Gasteiger partial charge is 0.478 e. The fourth-order valence-corrected chi connectivity index (χ4v) is 5.08. The van der Waals surface area contributed by atoms with E-state index < -0.39 is 16.0 Å². The first-order valence-electron chi connectivity index (χ1n) is 8.77. The van der Waals surface area contributed by atoms with Crippen LogP contribution in [0.2, 0.25) is 5.02 Å². The van der Waals surface area contributed by atoms with Crippen molar-refractivity contribution in [1.29, 1.82) is 0 Å². The molecule has 0 amide bonds. The van der Waals surface area contributed by atoms with E-state index in [-0.39, 0.29) is 27.3 Å². The number of carboxylic acid groups (broad SMARTS) is 1. The molecule has 0 bridgehead atoms. The van der Waals surface area contributed by atoms with Crippen LogP contribution in [0.4, 0.5) is 4.39 Å². The Morgan fingerprint density at radius 2 is 2.04 bits per heavy atom. The van der Waals surface area contributed by atoms with Gasteiger partial charge in [0.05, 0.1) is 10.6 Å². The van der Waals surface area contributed by atoms with Crippen LogP contribution in [-0.2, 0) is 16.6 Å². The third-order valence-corrected chi connectivity index (χ3v) is 6.65. The lowest BCUT2D eigenvalue weighted by Gasteiger charge is -2.33. The van der Waals surface area contributed by atoms with Gasteiger partial charge in [-0.05, 0) is 43.7 Å². The van der Waals surface area contributed by atoms with E-state index in [1.807, 2.05) is 4.90 Å². The molecule has 1 heterocycles. The molecule has 1 aliphatic heterocycles. The molecule has 0 aliphatic carbocycles. The highest BCUT2D eigenvalue weighted by molar-refractivity contribution is 7.89. The topological polar surface area (TPSA) is 86.7 Å². The number of sulfonamides is 1. The van der Waals surface area contributed by atoms with Gasteiger partial charge in [0.2, 0.25) is 10.0 Å². The molecule has 0 spiro atoms. The third kappa shape index (κ3) is 4.88. The summed E-state index contributed by atoms with van der Waals surface area (Å²) in [7, 11) is -4.00. The second-order valence-corrected chi connectivity index (χ2v) is 8.83. The minimum atomic E-state index is -4.00. The Labute approximate surface area is 168 Å². The molecule has 1 fully saturated rings. The number of carboxylic acids is 1. The molecule has 150 valence electrons. The number of piperidine rings is 1. The first-order valence-corrected chi connectivity index (χ1v) is 10.6. The first kappa shape index (κ1) is 20.7. The summed E-state index contributed by atoms with van der Waals surface area (Å²) in [5.74, 6) is -1.52. The van der Waals surface area contributed by atoms with Crippen molar-refractivity contribution in [3.05, 3.63) is 64.4 Å². The average Bonchev–Trinajstić information content (AvgIpc) is 2.63. The van der Waals surface area contributed by atoms with Crippen LogP contribution >= 0.6 is 11.6 Å². The van der Waals surface area contributed by atoms with Crippen molar-refractivity contribution < 1.29 is 22.7 Å². The lowest BCUT2D eigenvalue weighted by molar-refractivity contribution is 0.0696. The number of carbonyl (C=O) groups is 1. The van der Waals surface area contributed by atoms with E-state index in [4.69, 9.17) is 16.7 Å². The lowest BCUT2D eigenvalue weighted by Crippen LogP contribution is -2.47. The summed E-state index contributed by atoms with van der Waals surface area (Å²) in [5, 5.41) is 9.04. The molecule has 1 aliphatic rings. The Kier molecular flexibility index (Phi) is 6.34. The van der Waals surface area contributed by atoms with Crippen molar-refractivity contribution >= 4 is 27.6 Å². The standard InChI is InChI=1S/C19H20ClFN2O4S/c20-16-8-7-13(19(24)25)10-18(16)28(26,27)22-15-5-3-9-23(12-15)11-14-4-1-2-6-17(14)21/h1-2,4,6-8,10,15,22H,3,5,9,11-12H2,(H,24,25). The second-order valence-electron chi connectivity index (χ2n) is 6.74. The van der Waals surface area contributed by atoms with Crippen molar-refractivity contribution in [3.8, 4) is 0 Å². The molecule has 1 atom stereocenters. The highest BCUT2D eigenvalue weighted by Crippen LogP contribution is 2.24. The van der Waals surface area contributed by atoms with E-state index in [1.165, 1.54) is 18.2 Å². The summed E-state index contributed by atoms with van der Waals surface area (Å²) >= 11 is 5.99. The summed E-state index contributed by atoms with van der Waals surface area (Å²) in [6.45, 7) is 1.55. The van der Waals surface area contributed by atoms with Crippen LogP contribution < -0.4 is 4.72 Å². The number of aromatic carboxylic acids is 1. The molecule has 2 N–H and O–H groups in total. The van der Waals surface area contributed by atoms with E-state index in [0.717, 1.165) is 19.0 Å². The predicted octanol–water partition coefficient (Wildman–Crippen LogP) is 3.12. The molecule has 1 saturated heterocycles. The highest BCUT2D eigenvalue weighted by Gasteiger charge is 2.27. The molecule has 9 heteroatoms. The van der Waals surface area contributed by atoms with Crippen molar-refractivity contribution in [3.63, 3.8) is 0 Å². The van der Waals surface area contributed by atoms with E-state index in [1.54, 1.807) is 18.2 Å². The molecule has 6 nitrogen and oxygen atoms in total. The number of nitrogens with one attached hydrogen (secondary N) is 1. The molecule has 0 saturated carbocycles. The van der Waals surface area contributed by atoms with Crippen LogP contribution in [0, 0.1) is 5.82 Å². The summed E-state index contributed by atoms with van der Waals surface area (Å²) in [5.41, 5.74) is 0.401. The van der Waals surface area contributed by atoms with E-state index in [0.29, 0.717) is 25.1 Å². The number of benzene rings is 2. The number of nitrogens with zero attached hydrogens (tertiary/aromatic N) is 1. The fourth-order valence-electron chi connectivity index (χ4n) is 3.29. The number of hydrogen-bond donors (Lipinski definition) is 2. The SMILES string of the molecule is O=C(O)c1ccc(Cl)c(S(=O)(=O)NC2CCCN(Cc3ccccc3F)C2)c1. The zero-order valence-electron chi connectivity index (χ0n) is 14.9. The van der Waals surface area contributed by atoms with Crippen LogP contribution in [0.25, 0.3) is 0 Å². The Morgan fingerprint density at radius 3 is 2.75 bits per heavy atom. The van der Waals surface area contributed by atoms with Crippen molar-refractivity contribution in [2.24, 2.45) is 0 Å². The Balaban J connectivity index is 1.73. The number of likely N-dealkylation sites (tertiary alicyclic amines) is 1. The predicted molar refractivity (Wildman–Crippen MR) is 103 cm³/mol. The summed E-state index contributed by atoms with van der Waals surface area (Å²) < 4.78 is 42.0. The van der Waals surface area contributed by atoms with Gasteiger partial charge in [-0.1, -0.05) is 29.8 Å². The Morgan fingerprint density at radius 1 is 1.29 bits per heavy atom. The number of rotatable bonds is 6. The van der Waals surface area contributed by atoms with Gasteiger partial charge in [0.15, 0.2) is 0 Å². The highest BCUT2D eigenvalue weighted by atomic mass is 35.5. The number of hydrogen-bond acceptors (Lipinski definition) is 4. The lowest BCUT2D eigenvalue weighted by atomic mass is 10.1. The molecule has 0 radical (unpaired) electrons. The van der Waals surface area contributed by atoms with E-state index in [2.05, 4.69) is 4.72 Å². The molecule has 0 aromatic heterocycles. The zero-order chi connectivity index (χ0) is 20.3. The molecular weight excluding hydrogens is 407 g/mol. The molecule has 1 unspecified atom stereocenters. The maximum absolute atomic E-state index is 13.9. The van der Waals surface area contributed by atoms with Crippen molar-refractivity contribution in [2.75, 3.05) is 13.1 Å². The van der Waals surface area contributed by atoms with Gasteiger partial charge in [-0.25, -0.2) is 22.3 Å². The molecular formula is C19H20ClFN2O4S. The van der Waals surface area contributed by atoms with Gasteiger partial charge >= 0.3 is 5.97 Å². The van der Waals surface area contributed by atoms with Crippen LogP contribution in [0.15, 0.2) is 47.4 Å². The molecule has 28 heavy (non-hydrogen) atoms. The van der Waals surface area contributed by atoms with Gasteiger partial charge in [-0.15, -0.1) is 0 Å². The second kappa shape index (κ2) is 8.57. The summed E-state index contributed by atoms with van der Waals surface area (Å²) in [6, 6.07) is 9.67.